The first-order chi connectivity index (χ1) is 24.1. The number of hydrogen-bond acceptors (Lipinski definition) is 11. The highest BCUT2D eigenvalue weighted by Gasteiger charge is 2.24. The predicted octanol–water partition coefficient (Wildman–Crippen LogP) is 8.13. The van der Waals surface area contributed by atoms with Crippen molar-refractivity contribution in [2.24, 2.45) is 0 Å². The largest absolute Gasteiger partial charge is 0.496 e. The molecule has 0 aliphatic rings. The van der Waals surface area contributed by atoms with E-state index in [1.807, 2.05) is 35.5 Å². The molecular weight excluding hydrogens is 699 g/mol. The van der Waals surface area contributed by atoms with Gasteiger partial charge in [-0.1, -0.05) is 36.7 Å². The van der Waals surface area contributed by atoms with Gasteiger partial charge in [-0.2, -0.15) is 0 Å². The van der Waals surface area contributed by atoms with Crippen molar-refractivity contribution in [3.63, 3.8) is 0 Å². The van der Waals surface area contributed by atoms with E-state index >= 15 is 0 Å². The maximum absolute atomic E-state index is 13.6. The topological polar surface area (TPSA) is 119 Å². The summed E-state index contributed by atoms with van der Waals surface area (Å²) in [6.07, 6.45) is 3.69. The van der Waals surface area contributed by atoms with E-state index in [0.29, 0.717) is 51.3 Å². The number of thiazole rings is 1. The van der Waals surface area contributed by atoms with E-state index in [9.17, 15) is 12.8 Å². The minimum Gasteiger partial charge on any atom is -0.496 e. The number of methoxy groups -OCH3 is 1. The molecule has 14 heteroatoms. The Balaban J connectivity index is 1.21. The van der Waals surface area contributed by atoms with Crippen LogP contribution in [0.1, 0.15) is 30.0 Å². The molecule has 0 saturated carbocycles. The number of pyridine rings is 1. The molecule has 6 rings (SSSR count). The molecule has 0 saturated heterocycles. The molecule has 0 spiro atoms. The normalized spacial score (nSPS) is 12.3. The molecule has 1 unspecified atom stereocenters. The molecule has 0 aliphatic carbocycles. The Kier molecular flexibility index (Phi) is 10.9. The number of hydrogen-bond donors (Lipinski definition) is 1. The number of rotatable bonds is 14. The highest BCUT2D eigenvalue weighted by atomic mass is 35.5. The van der Waals surface area contributed by atoms with Gasteiger partial charge in [-0.05, 0) is 67.6 Å². The van der Waals surface area contributed by atoms with E-state index in [-0.39, 0.29) is 29.2 Å². The van der Waals surface area contributed by atoms with Gasteiger partial charge >= 0.3 is 0 Å². The van der Waals surface area contributed by atoms with Crippen LogP contribution >= 0.6 is 22.9 Å². The van der Waals surface area contributed by atoms with Crippen LogP contribution in [0.4, 0.5) is 15.9 Å². The molecule has 10 nitrogen and oxygen atoms in total. The Hall–Kier alpha value is -4.69. The molecule has 3 aromatic heterocycles. The molecule has 0 fully saturated rings. The van der Waals surface area contributed by atoms with Crippen LogP contribution in [0.5, 0.6) is 11.5 Å². The number of ether oxygens (including phenoxy) is 2. The fourth-order valence-electron chi connectivity index (χ4n) is 5.47. The van der Waals surface area contributed by atoms with Crippen molar-refractivity contribution in [3.8, 4) is 22.8 Å². The molecule has 0 amide bonds. The molecule has 0 aliphatic heterocycles. The molecule has 0 radical (unpaired) electrons. The smallest absolute Gasteiger partial charge is 0.196 e. The van der Waals surface area contributed by atoms with Crippen LogP contribution in [-0.2, 0) is 16.4 Å². The highest BCUT2D eigenvalue weighted by molar-refractivity contribution is 7.91. The summed E-state index contributed by atoms with van der Waals surface area (Å²) in [6.45, 7) is 2.55. The van der Waals surface area contributed by atoms with Crippen molar-refractivity contribution in [1.82, 2.24) is 24.8 Å². The average Bonchev–Trinajstić information content (AvgIpc) is 3.60. The zero-order valence-corrected chi connectivity index (χ0v) is 29.9. The Morgan fingerprint density at radius 2 is 1.88 bits per heavy atom. The summed E-state index contributed by atoms with van der Waals surface area (Å²) >= 11 is 8.07. The lowest BCUT2D eigenvalue weighted by atomic mass is 10.1. The van der Waals surface area contributed by atoms with E-state index in [4.69, 9.17) is 26.1 Å². The number of halogens is 2. The van der Waals surface area contributed by atoms with Crippen molar-refractivity contribution in [1.29, 1.82) is 0 Å². The van der Waals surface area contributed by atoms with Crippen LogP contribution < -0.4 is 14.8 Å². The molecule has 6 aromatic rings. The molecule has 3 aromatic carbocycles. The Labute approximate surface area is 298 Å². The zero-order chi connectivity index (χ0) is 35.3. The maximum atomic E-state index is 13.6. The van der Waals surface area contributed by atoms with Gasteiger partial charge in [0.1, 0.15) is 41.1 Å². The van der Waals surface area contributed by atoms with Crippen molar-refractivity contribution in [3.05, 3.63) is 112 Å². The fraction of sp³-hybridized carbons (Fsp3) is 0.222. The molecule has 258 valence electrons. The quantitative estimate of drug-likeness (QED) is 0.118. The van der Waals surface area contributed by atoms with Gasteiger partial charge in [0.2, 0.25) is 0 Å². The summed E-state index contributed by atoms with van der Waals surface area (Å²) in [4.78, 5) is 20.0. The third kappa shape index (κ3) is 8.02. The summed E-state index contributed by atoms with van der Waals surface area (Å²) in [5.74, 6) is 1.24. The highest BCUT2D eigenvalue weighted by Crippen LogP contribution is 2.39. The van der Waals surface area contributed by atoms with E-state index in [1.165, 1.54) is 42.1 Å². The van der Waals surface area contributed by atoms with Crippen molar-refractivity contribution < 1.29 is 22.3 Å². The Morgan fingerprint density at radius 1 is 1.02 bits per heavy atom. The third-order valence-corrected chi connectivity index (χ3v) is 10.9. The Bertz CT molecular complexity index is 2220. The fourth-order valence-corrected chi connectivity index (χ4v) is 8.01. The maximum Gasteiger partial charge on any atom is 0.196 e. The van der Waals surface area contributed by atoms with E-state index in [0.717, 1.165) is 22.4 Å². The van der Waals surface area contributed by atoms with Crippen LogP contribution in [0, 0.1) is 5.82 Å². The van der Waals surface area contributed by atoms with Crippen LogP contribution in [0.15, 0.2) is 95.7 Å². The van der Waals surface area contributed by atoms with Gasteiger partial charge in [0.05, 0.1) is 35.1 Å². The lowest BCUT2D eigenvalue weighted by Gasteiger charge is -2.25. The molecular formula is C36H34ClFN6O4S2. The zero-order valence-electron chi connectivity index (χ0n) is 27.5. The van der Waals surface area contributed by atoms with Crippen molar-refractivity contribution in [2.45, 2.75) is 31.0 Å². The Morgan fingerprint density at radius 3 is 2.62 bits per heavy atom. The summed E-state index contributed by atoms with van der Waals surface area (Å²) in [7, 11) is -0.0147. The first-order valence-corrected chi connectivity index (χ1v) is 18.6. The van der Waals surface area contributed by atoms with E-state index < -0.39 is 9.84 Å². The number of anilines is 2. The summed E-state index contributed by atoms with van der Waals surface area (Å²) in [6, 6.07) is 20.1. The van der Waals surface area contributed by atoms with Crippen molar-refractivity contribution >= 4 is 55.2 Å². The van der Waals surface area contributed by atoms with E-state index in [1.54, 1.807) is 43.5 Å². The second kappa shape index (κ2) is 15.5. The van der Waals surface area contributed by atoms with Gasteiger partial charge in [0.15, 0.2) is 14.9 Å². The number of sulfone groups is 1. The van der Waals surface area contributed by atoms with Gasteiger partial charge in [0, 0.05) is 40.8 Å². The van der Waals surface area contributed by atoms with Crippen LogP contribution in [-0.4, -0.2) is 59.7 Å². The third-order valence-electron chi connectivity index (χ3n) is 8.11. The van der Waals surface area contributed by atoms with Crippen molar-refractivity contribution in [2.75, 3.05) is 31.8 Å². The first kappa shape index (κ1) is 35.1. The van der Waals surface area contributed by atoms with Crippen LogP contribution in [0.2, 0.25) is 5.02 Å². The van der Waals surface area contributed by atoms with Gasteiger partial charge < -0.3 is 14.8 Å². The SMILES string of the molecule is CCC(c1nc(-c2cc3c(Nc4ccc(OCc5cccc(F)c5)c(Cl)c4)ncnc3cc2OC)cs1)N(C)CCS(=O)(=O)c1ccccn1. The van der Waals surface area contributed by atoms with E-state index in [2.05, 4.69) is 27.2 Å². The van der Waals surface area contributed by atoms with Crippen LogP contribution in [0.25, 0.3) is 22.2 Å². The number of benzene rings is 3. The van der Waals surface area contributed by atoms with Gasteiger partial charge in [-0.15, -0.1) is 11.3 Å². The summed E-state index contributed by atoms with van der Waals surface area (Å²) < 4.78 is 50.9. The van der Waals surface area contributed by atoms with Crippen LogP contribution in [0.3, 0.4) is 0 Å². The predicted molar refractivity (Wildman–Crippen MR) is 195 cm³/mol. The minimum atomic E-state index is -3.52. The van der Waals surface area contributed by atoms with Gasteiger partial charge in [0.25, 0.3) is 0 Å². The monoisotopic (exact) mass is 732 g/mol. The average molecular weight is 733 g/mol. The second-order valence-electron chi connectivity index (χ2n) is 11.4. The molecule has 1 N–H and O–H groups in total. The molecule has 0 bridgehead atoms. The standard InChI is InChI=1S/C36H34ClFN6O4S2/c1-4-31(44(2)14-15-50(45,46)34-10-5-6-13-39-34)36-43-30(21-49-36)26-18-27-29(19-33(26)47-3)40-22-41-35(27)42-25-11-12-32(28(37)17-25)48-20-23-8-7-9-24(38)16-23/h5-13,16-19,21-22,31H,4,14-15,20H2,1-3H3,(H,40,41,42). The number of nitrogens with zero attached hydrogens (tertiary/aromatic N) is 5. The number of fused-ring (bicyclic) bond motifs is 1. The molecule has 1 atom stereocenters. The first-order valence-electron chi connectivity index (χ1n) is 15.7. The molecule has 50 heavy (non-hydrogen) atoms. The molecule has 3 heterocycles. The van der Waals surface area contributed by atoms with Gasteiger partial charge in [-0.25, -0.2) is 32.7 Å². The minimum absolute atomic E-state index is 0.0562. The number of aromatic nitrogens is 4. The van der Waals surface area contributed by atoms with Gasteiger partial charge in [-0.3, -0.25) is 4.90 Å². The number of nitrogens with one attached hydrogen (secondary N) is 1. The second-order valence-corrected chi connectivity index (χ2v) is 14.8. The summed E-state index contributed by atoms with van der Waals surface area (Å²) in [5, 5.41) is 7.37. The lowest BCUT2D eigenvalue weighted by molar-refractivity contribution is 0.251. The lowest BCUT2D eigenvalue weighted by Crippen LogP contribution is -2.29. The summed E-state index contributed by atoms with van der Waals surface area (Å²) in [5.41, 5.74) is 3.52.